The smallest absolute Gasteiger partial charge is 0.323 e. The molecule has 1 saturated carbocycles. The maximum absolute atomic E-state index is 11.6. The van der Waals surface area contributed by atoms with Crippen LogP contribution in [0.2, 0.25) is 0 Å². The van der Waals surface area contributed by atoms with E-state index in [1.165, 1.54) is 19.3 Å². The van der Waals surface area contributed by atoms with Crippen molar-refractivity contribution in [1.82, 2.24) is 5.32 Å². The van der Waals surface area contributed by atoms with Crippen molar-refractivity contribution in [3.63, 3.8) is 0 Å². The summed E-state index contributed by atoms with van der Waals surface area (Å²) in [6.07, 6.45) is 5.85. The van der Waals surface area contributed by atoms with Gasteiger partial charge in [0.05, 0.1) is 6.61 Å². The van der Waals surface area contributed by atoms with Crippen LogP contribution in [0.5, 0.6) is 0 Å². The number of hydrogen-bond acceptors (Lipinski definition) is 3. The molecule has 94 valence electrons. The van der Waals surface area contributed by atoms with Crippen LogP contribution in [0.3, 0.4) is 0 Å². The van der Waals surface area contributed by atoms with Gasteiger partial charge in [-0.1, -0.05) is 26.7 Å². The van der Waals surface area contributed by atoms with Crippen molar-refractivity contribution in [1.29, 1.82) is 0 Å². The van der Waals surface area contributed by atoms with Gasteiger partial charge in [0.2, 0.25) is 0 Å². The predicted molar refractivity (Wildman–Crippen MR) is 65.3 cm³/mol. The molecule has 1 aliphatic carbocycles. The molecule has 1 aliphatic rings. The summed E-state index contributed by atoms with van der Waals surface area (Å²) >= 11 is 0. The number of hydrogen-bond donors (Lipinski definition) is 1. The van der Waals surface area contributed by atoms with E-state index < -0.39 is 0 Å². The molecule has 2 unspecified atom stereocenters. The van der Waals surface area contributed by atoms with Crippen LogP contribution in [0, 0.1) is 5.92 Å². The highest BCUT2D eigenvalue weighted by Gasteiger charge is 2.27. The number of carbonyl (C=O) groups is 1. The Balaban J connectivity index is 2.35. The maximum Gasteiger partial charge on any atom is 0.323 e. The lowest BCUT2D eigenvalue weighted by atomic mass is 10.1. The Morgan fingerprint density at radius 2 is 2.00 bits per heavy atom. The maximum atomic E-state index is 11.6. The summed E-state index contributed by atoms with van der Waals surface area (Å²) in [4.78, 5) is 11.6. The van der Waals surface area contributed by atoms with Gasteiger partial charge in [-0.2, -0.15) is 0 Å². The topological polar surface area (TPSA) is 38.3 Å². The van der Waals surface area contributed by atoms with E-state index in [1.807, 2.05) is 13.8 Å². The molecular formula is C13H25NO2. The Labute approximate surface area is 98.9 Å². The van der Waals surface area contributed by atoms with Gasteiger partial charge < -0.3 is 10.1 Å². The number of nitrogens with one attached hydrogen (secondary N) is 1. The second-order valence-electron chi connectivity index (χ2n) is 4.66. The molecule has 1 N–H and O–H groups in total. The number of rotatable bonds is 8. The summed E-state index contributed by atoms with van der Waals surface area (Å²) in [6, 6.07) is 0.352. The van der Waals surface area contributed by atoms with Gasteiger partial charge in [-0.25, -0.2) is 0 Å². The van der Waals surface area contributed by atoms with Crippen molar-refractivity contribution in [2.45, 2.75) is 65.0 Å². The normalized spacial score (nSPS) is 19.2. The van der Waals surface area contributed by atoms with Crippen LogP contribution in [0.25, 0.3) is 0 Å². The number of esters is 1. The van der Waals surface area contributed by atoms with Gasteiger partial charge >= 0.3 is 5.97 Å². The zero-order chi connectivity index (χ0) is 12.0. The van der Waals surface area contributed by atoms with E-state index in [0.29, 0.717) is 12.6 Å². The van der Waals surface area contributed by atoms with Gasteiger partial charge in [0.15, 0.2) is 0 Å². The molecule has 0 saturated heterocycles. The quantitative estimate of drug-likeness (QED) is 0.647. The largest absolute Gasteiger partial charge is 0.465 e. The standard InChI is InChI=1S/C13H25NO2/c1-4-11(9-10-7-8-10)14-12(5-2)13(15)16-6-3/h10-12,14H,4-9H2,1-3H3. The van der Waals surface area contributed by atoms with Crippen LogP contribution in [-0.2, 0) is 9.53 Å². The minimum Gasteiger partial charge on any atom is -0.465 e. The summed E-state index contributed by atoms with van der Waals surface area (Å²) in [5, 5.41) is 3.43. The zero-order valence-electron chi connectivity index (χ0n) is 10.8. The molecule has 0 amide bonds. The average Bonchev–Trinajstić information content (AvgIpc) is 3.08. The van der Waals surface area contributed by atoms with Crippen molar-refractivity contribution < 1.29 is 9.53 Å². The molecule has 0 radical (unpaired) electrons. The Morgan fingerprint density at radius 3 is 2.44 bits per heavy atom. The number of ether oxygens (including phenoxy) is 1. The van der Waals surface area contributed by atoms with E-state index in [-0.39, 0.29) is 12.0 Å². The van der Waals surface area contributed by atoms with Gasteiger partial charge in [-0.15, -0.1) is 0 Å². The molecule has 16 heavy (non-hydrogen) atoms. The third kappa shape index (κ3) is 4.52. The summed E-state index contributed by atoms with van der Waals surface area (Å²) in [6.45, 7) is 6.53. The highest BCUT2D eigenvalue weighted by molar-refractivity contribution is 5.75. The zero-order valence-corrected chi connectivity index (χ0v) is 10.8. The van der Waals surface area contributed by atoms with E-state index in [9.17, 15) is 4.79 Å². The molecule has 3 nitrogen and oxygen atoms in total. The molecule has 1 fully saturated rings. The molecule has 3 heteroatoms. The third-order valence-corrected chi connectivity index (χ3v) is 3.22. The fourth-order valence-corrected chi connectivity index (χ4v) is 1.99. The summed E-state index contributed by atoms with van der Waals surface area (Å²) in [7, 11) is 0. The third-order valence-electron chi connectivity index (χ3n) is 3.22. The molecular weight excluding hydrogens is 202 g/mol. The molecule has 0 bridgehead atoms. The average molecular weight is 227 g/mol. The van der Waals surface area contributed by atoms with Crippen LogP contribution in [0.4, 0.5) is 0 Å². The summed E-state index contributed by atoms with van der Waals surface area (Å²) in [5.41, 5.74) is 0. The fraction of sp³-hybridized carbons (Fsp3) is 0.923. The molecule has 0 aromatic rings. The van der Waals surface area contributed by atoms with E-state index in [4.69, 9.17) is 4.74 Å². The lowest BCUT2D eigenvalue weighted by Gasteiger charge is -2.22. The highest BCUT2D eigenvalue weighted by atomic mass is 16.5. The van der Waals surface area contributed by atoms with Crippen molar-refractivity contribution in [3.05, 3.63) is 0 Å². The van der Waals surface area contributed by atoms with Gasteiger partial charge in [0.25, 0.3) is 0 Å². The van der Waals surface area contributed by atoms with Crippen molar-refractivity contribution in [2.24, 2.45) is 5.92 Å². The fourth-order valence-electron chi connectivity index (χ4n) is 1.99. The lowest BCUT2D eigenvalue weighted by molar-refractivity contribution is -0.146. The molecule has 0 aromatic carbocycles. The molecule has 0 heterocycles. The van der Waals surface area contributed by atoms with Gasteiger partial charge in [0.1, 0.15) is 6.04 Å². The van der Waals surface area contributed by atoms with E-state index in [1.54, 1.807) is 0 Å². The number of carbonyl (C=O) groups excluding carboxylic acids is 1. The minimum absolute atomic E-state index is 0.0979. The van der Waals surface area contributed by atoms with Gasteiger partial charge in [-0.3, -0.25) is 4.79 Å². The van der Waals surface area contributed by atoms with E-state index in [2.05, 4.69) is 12.2 Å². The van der Waals surface area contributed by atoms with Crippen LogP contribution >= 0.6 is 0 Å². The molecule has 0 aliphatic heterocycles. The van der Waals surface area contributed by atoms with Gasteiger partial charge in [0, 0.05) is 6.04 Å². The second kappa shape index (κ2) is 6.89. The van der Waals surface area contributed by atoms with Crippen LogP contribution in [0.1, 0.15) is 52.9 Å². The molecule has 2 atom stereocenters. The van der Waals surface area contributed by atoms with Crippen LogP contribution < -0.4 is 5.32 Å². The van der Waals surface area contributed by atoms with E-state index in [0.717, 1.165) is 18.8 Å². The Bertz CT molecular complexity index is 214. The Hall–Kier alpha value is -0.570. The second-order valence-corrected chi connectivity index (χ2v) is 4.66. The Kier molecular flexibility index (Phi) is 5.81. The van der Waals surface area contributed by atoms with E-state index >= 15 is 0 Å². The van der Waals surface area contributed by atoms with Gasteiger partial charge in [-0.05, 0) is 32.1 Å². The first-order valence-corrected chi connectivity index (χ1v) is 6.63. The minimum atomic E-state index is -0.122. The molecule has 0 aromatic heterocycles. The first-order chi connectivity index (χ1) is 7.71. The van der Waals surface area contributed by atoms with Crippen molar-refractivity contribution in [2.75, 3.05) is 6.61 Å². The SMILES string of the molecule is CCOC(=O)C(CC)NC(CC)CC1CC1. The lowest BCUT2D eigenvalue weighted by Crippen LogP contribution is -2.43. The Morgan fingerprint density at radius 1 is 1.31 bits per heavy atom. The first-order valence-electron chi connectivity index (χ1n) is 6.63. The summed E-state index contributed by atoms with van der Waals surface area (Å²) < 4.78 is 5.06. The van der Waals surface area contributed by atoms with Crippen LogP contribution in [-0.4, -0.2) is 24.7 Å². The first kappa shape index (κ1) is 13.5. The summed E-state index contributed by atoms with van der Waals surface area (Å²) in [5.74, 6) is 0.802. The molecule has 1 rings (SSSR count). The molecule has 0 spiro atoms. The predicted octanol–water partition coefficient (Wildman–Crippen LogP) is 2.50. The van der Waals surface area contributed by atoms with Crippen LogP contribution in [0.15, 0.2) is 0 Å². The van der Waals surface area contributed by atoms with Crippen molar-refractivity contribution in [3.8, 4) is 0 Å². The monoisotopic (exact) mass is 227 g/mol. The van der Waals surface area contributed by atoms with Crippen molar-refractivity contribution >= 4 is 5.97 Å². The highest BCUT2D eigenvalue weighted by Crippen LogP contribution is 2.34.